The van der Waals surface area contributed by atoms with Crippen LogP contribution in [0.1, 0.15) is 31.2 Å². The topological polar surface area (TPSA) is 41.5 Å². The molecular weight excluding hydrogens is 226 g/mol. The van der Waals surface area contributed by atoms with E-state index in [-0.39, 0.29) is 6.61 Å². The van der Waals surface area contributed by atoms with Gasteiger partial charge in [0.25, 0.3) is 0 Å². The van der Waals surface area contributed by atoms with Gasteiger partial charge in [-0.15, -0.1) is 0 Å². The first-order valence-corrected chi connectivity index (χ1v) is 6.88. The second-order valence-corrected chi connectivity index (χ2v) is 4.99. The van der Waals surface area contributed by atoms with Crippen molar-refractivity contribution >= 4 is 0 Å². The Morgan fingerprint density at radius 2 is 2.28 bits per heavy atom. The number of aliphatic hydroxyl groups excluding tert-OH is 1. The van der Waals surface area contributed by atoms with Crippen molar-refractivity contribution in [2.45, 2.75) is 25.7 Å². The highest BCUT2D eigenvalue weighted by atomic mass is 16.5. The van der Waals surface area contributed by atoms with Gasteiger partial charge in [-0.1, -0.05) is 31.5 Å². The summed E-state index contributed by atoms with van der Waals surface area (Å²) in [4.78, 5) is 0. The molecule has 0 saturated heterocycles. The number of nitrogens with one attached hydrogen (secondary N) is 1. The van der Waals surface area contributed by atoms with Gasteiger partial charge in [-0.25, -0.2) is 0 Å². The van der Waals surface area contributed by atoms with Crippen LogP contribution < -0.4 is 10.1 Å². The van der Waals surface area contributed by atoms with Crippen molar-refractivity contribution in [3.63, 3.8) is 0 Å². The van der Waals surface area contributed by atoms with Crippen LogP contribution in [-0.4, -0.2) is 31.4 Å². The van der Waals surface area contributed by atoms with Gasteiger partial charge in [-0.3, -0.25) is 0 Å². The summed E-state index contributed by atoms with van der Waals surface area (Å²) in [6.07, 6.45) is 2.01. The van der Waals surface area contributed by atoms with E-state index in [0.717, 1.165) is 38.3 Å². The van der Waals surface area contributed by atoms with Crippen LogP contribution in [0.4, 0.5) is 0 Å². The van der Waals surface area contributed by atoms with Crippen molar-refractivity contribution in [1.29, 1.82) is 0 Å². The maximum atomic E-state index is 8.96. The second kappa shape index (κ2) is 6.76. The number of para-hydroxylation sites is 1. The van der Waals surface area contributed by atoms with E-state index in [1.807, 2.05) is 12.1 Å². The molecule has 0 aromatic heterocycles. The molecule has 2 rings (SSSR count). The van der Waals surface area contributed by atoms with Crippen molar-refractivity contribution in [3.05, 3.63) is 29.8 Å². The Hall–Kier alpha value is -1.06. The van der Waals surface area contributed by atoms with E-state index in [0.29, 0.717) is 11.8 Å². The third-order valence-electron chi connectivity index (χ3n) is 3.74. The molecule has 1 heterocycles. The Morgan fingerprint density at radius 1 is 1.44 bits per heavy atom. The highest BCUT2D eigenvalue weighted by Crippen LogP contribution is 2.32. The summed E-state index contributed by atoms with van der Waals surface area (Å²) in [5.74, 6) is 2.08. The molecule has 1 aliphatic rings. The lowest BCUT2D eigenvalue weighted by Crippen LogP contribution is -2.28. The molecule has 0 amide bonds. The second-order valence-electron chi connectivity index (χ2n) is 4.99. The van der Waals surface area contributed by atoms with Crippen molar-refractivity contribution in [1.82, 2.24) is 5.32 Å². The molecule has 0 spiro atoms. The average Bonchev–Trinajstić information content (AvgIpc) is 2.81. The van der Waals surface area contributed by atoms with E-state index in [2.05, 4.69) is 24.4 Å². The highest BCUT2D eigenvalue weighted by Gasteiger charge is 2.23. The predicted molar refractivity (Wildman–Crippen MR) is 73.0 cm³/mol. The molecule has 2 atom stereocenters. The Kier molecular flexibility index (Phi) is 5.02. The predicted octanol–water partition coefficient (Wildman–Crippen LogP) is 2.16. The molecule has 2 N–H and O–H groups in total. The Morgan fingerprint density at radius 3 is 3.06 bits per heavy atom. The minimum absolute atomic E-state index is 0.287. The first-order chi connectivity index (χ1) is 8.85. The van der Waals surface area contributed by atoms with E-state index in [1.165, 1.54) is 5.56 Å². The molecule has 0 fully saturated rings. The standard InChI is InChI=1S/C15H23NO2/c1-2-12(7-8-17)9-16-10-13-11-18-15-6-4-3-5-14(13)15/h3-6,12-13,16-17H,2,7-11H2,1H3. The maximum absolute atomic E-state index is 8.96. The van der Waals surface area contributed by atoms with Crippen LogP contribution in [0.5, 0.6) is 5.75 Å². The lowest BCUT2D eigenvalue weighted by molar-refractivity contribution is 0.249. The minimum atomic E-state index is 0.287. The lowest BCUT2D eigenvalue weighted by Gasteiger charge is -2.16. The summed E-state index contributed by atoms with van der Waals surface area (Å²) in [5, 5.41) is 12.5. The third-order valence-corrected chi connectivity index (χ3v) is 3.74. The normalized spacial score (nSPS) is 19.3. The zero-order valence-electron chi connectivity index (χ0n) is 11.1. The summed E-state index contributed by atoms with van der Waals surface area (Å²) in [5.41, 5.74) is 1.32. The van der Waals surface area contributed by atoms with Crippen LogP contribution in [0.3, 0.4) is 0 Å². The summed E-state index contributed by atoms with van der Waals surface area (Å²) in [6.45, 7) is 5.18. The fourth-order valence-corrected chi connectivity index (χ4v) is 2.49. The number of hydrogen-bond acceptors (Lipinski definition) is 3. The average molecular weight is 249 g/mol. The Balaban J connectivity index is 1.78. The summed E-state index contributed by atoms with van der Waals surface area (Å²) in [7, 11) is 0. The Labute approximate surface area is 109 Å². The summed E-state index contributed by atoms with van der Waals surface area (Å²) < 4.78 is 5.66. The van der Waals surface area contributed by atoms with Crippen LogP contribution in [-0.2, 0) is 0 Å². The largest absolute Gasteiger partial charge is 0.493 e. The molecule has 0 aliphatic carbocycles. The van der Waals surface area contributed by atoms with Gasteiger partial charge in [0.2, 0.25) is 0 Å². The van der Waals surface area contributed by atoms with Gasteiger partial charge in [0, 0.05) is 24.6 Å². The molecule has 0 radical (unpaired) electrons. The van der Waals surface area contributed by atoms with Crippen LogP contribution in [0.25, 0.3) is 0 Å². The van der Waals surface area contributed by atoms with Crippen LogP contribution in [0.15, 0.2) is 24.3 Å². The molecule has 3 heteroatoms. The van der Waals surface area contributed by atoms with E-state index in [1.54, 1.807) is 0 Å². The van der Waals surface area contributed by atoms with Gasteiger partial charge in [0.15, 0.2) is 0 Å². The van der Waals surface area contributed by atoms with Gasteiger partial charge in [-0.05, 0) is 24.9 Å². The number of benzene rings is 1. The first kappa shape index (κ1) is 13.4. The fourth-order valence-electron chi connectivity index (χ4n) is 2.49. The summed E-state index contributed by atoms with van der Waals surface area (Å²) >= 11 is 0. The first-order valence-electron chi connectivity index (χ1n) is 6.88. The lowest BCUT2D eigenvalue weighted by atomic mass is 10.00. The molecule has 100 valence electrons. The van der Waals surface area contributed by atoms with Crippen molar-refractivity contribution in [3.8, 4) is 5.75 Å². The molecular formula is C15H23NO2. The fraction of sp³-hybridized carbons (Fsp3) is 0.600. The maximum Gasteiger partial charge on any atom is 0.122 e. The minimum Gasteiger partial charge on any atom is -0.493 e. The quantitative estimate of drug-likeness (QED) is 0.778. The van der Waals surface area contributed by atoms with Gasteiger partial charge in [-0.2, -0.15) is 0 Å². The van der Waals surface area contributed by atoms with Crippen LogP contribution in [0.2, 0.25) is 0 Å². The molecule has 0 bridgehead atoms. The number of fused-ring (bicyclic) bond motifs is 1. The molecule has 2 unspecified atom stereocenters. The number of hydrogen-bond donors (Lipinski definition) is 2. The van der Waals surface area contributed by atoms with Gasteiger partial charge in [0.05, 0.1) is 6.61 Å². The van der Waals surface area contributed by atoms with Crippen LogP contribution in [0, 0.1) is 5.92 Å². The van der Waals surface area contributed by atoms with Gasteiger partial charge >= 0.3 is 0 Å². The molecule has 1 aromatic rings. The molecule has 1 aromatic carbocycles. The zero-order valence-corrected chi connectivity index (χ0v) is 11.1. The highest BCUT2D eigenvalue weighted by molar-refractivity contribution is 5.39. The van der Waals surface area contributed by atoms with Gasteiger partial charge in [0.1, 0.15) is 5.75 Å². The summed E-state index contributed by atoms with van der Waals surface area (Å²) in [6, 6.07) is 8.28. The third kappa shape index (κ3) is 3.24. The molecule has 1 aliphatic heterocycles. The Bertz CT molecular complexity index is 367. The SMILES string of the molecule is CCC(CCO)CNCC1COc2ccccc21. The molecule has 0 saturated carbocycles. The van der Waals surface area contributed by atoms with Gasteiger partial charge < -0.3 is 15.2 Å². The van der Waals surface area contributed by atoms with E-state index < -0.39 is 0 Å². The number of aliphatic hydroxyl groups is 1. The molecule has 18 heavy (non-hydrogen) atoms. The van der Waals surface area contributed by atoms with Crippen LogP contribution >= 0.6 is 0 Å². The van der Waals surface area contributed by atoms with Crippen molar-refractivity contribution in [2.75, 3.05) is 26.3 Å². The number of rotatable bonds is 7. The van der Waals surface area contributed by atoms with Crippen molar-refractivity contribution < 1.29 is 9.84 Å². The smallest absolute Gasteiger partial charge is 0.122 e. The van der Waals surface area contributed by atoms with E-state index in [4.69, 9.17) is 9.84 Å². The number of ether oxygens (including phenoxy) is 1. The van der Waals surface area contributed by atoms with E-state index in [9.17, 15) is 0 Å². The molecule has 3 nitrogen and oxygen atoms in total. The van der Waals surface area contributed by atoms with E-state index >= 15 is 0 Å². The van der Waals surface area contributed by atoms with Crippen molar-refractivity contribution in [2.24, 2.45) is 5.92 Å². The monoisotopic (exact) mass is 249 g/mol. The zero-order chi connectivity index (χ0) is 12.8.